The lowest BCUT2D eigenvalue weighted by Gasteiger charge is -2.11. The summed E-state index contributed by atoms with van der Waals surface area (Å²) >= 11 is 5.56. The molecule has 1 aromatic carbocycles. The van der Waals surface area contributed by atoms with E-state index >= 15 is 0 Å². The first kappa shape index (κ1) is 20.7. The van der Waals surface area contributed by atoms with Crippen LogP contribution in [0.25, 0.3) is 0 Å². The van der Waals surface area contributed by atoms with Gasteiger partial charge in [-0.2, -0.15) is 13.2 Å². The van der Waals surface area contributed by atoms with Crippen LogP contribution in [0, 0.1) is 0 Å². The summed E-state index contributed by atoms with van der Waals surface area (Å²) in [5, 5.41) is 2.11. The van der Waals surface area contributed by atoms with Crippen molar-refractivity contribution in [3.63, 3.8) is 0 Å². The zero-order chi connectivity index (χ0) is 19.4. The third kappa shape index (κ3) is 5.97. The first-order chi connectivity index (χ1) is 12.1. The van der Waals surface area contributed by atoms with Crippen LogP contribution in [-0.2, 0) is 17.2 Å². The normalized spacial score (nSPS) is 14.1. The van der Waals surface area contributed by atoms with Crippen molar-refractivity contribution < 1.29 is 22.6 Å². The first-order valence-corrected chi connectivity index (χ1v) is 10.3. The lowest BCUT2D eigenvalue weighted by Crippen LogP contribution is -2.09. The minimum Gasteiger partial charge on any atom is -0.344 e. The highest BCUT2D eigenvalue weighted by molar-refractivity contribution is 7.57. The van der Waals surface area contributed by atoms with Crippen molar-refractivity contribution in [1.82, 2.24) is 9.97 Å². The van der Waals surface area contributed by atoms with Crippen molar-refractivity contribution in [2.24, 2.45) is 0 Å². The van der Waals surface area contributed by atoms with Crippen molar-refractivity contribution in [3.05, 3.63) is 46.7 Å². The lowest BCUT2D eigenvalue weighted by atomic mass is 10.1. The summed E-state index contributed by atoms with van der Waals surface area (Å²) < 4.78 is 49.5. The minimum absolute atomic E-state index is 0.0417. The average Bonchev–Trinajstić information content (AvgIpc) is 2.55. The molecule has 0 aliphatic carbocycles. The molecule has 0 radical (unpaired) electrons. The number of aryl methyl sites for hydroxylation is 1. The van der Waals surface area contributed by atoms with Crippen molar-refractivity contribution in [2.45, 2.75) is 25.9 Å². The Morgan fingerprint density at radius 3 is 2.46 bits per heavy atom. The SMILES string of the molecule is CCP(=O)(O)CCCc1ccc(Nc2ncc(C(F)(F)F)c(Cl)n2)cc1. The fourth-order valence-corrected chi connectivity index (χ4v) is 3.39. The molecule has 5 nitrogen and oxygen atoms in total. The summed E-state index contributed by atoms with van der Waals surface area (Å²) in [6, 6.07) is 7.09. The number of aromatic nitrogens is 2. The Morgan fingerprint density at radius 1 is 1.27 bits per heavy atom. The second-order valence-corrected chi connectivity index (χ2v) is 8.84. The van der Waals surface area contributed by atoms with E-state index in [4.69, 9.17) is 11.6 Å². The minimum atomic E-state index is -4.60. The Hall–Kier alpha value is -1.63. The standard InChI is InChI=1S/C16H18ClF3N3O2P/c1-2-26(24,25)9-3-4-11-5-7-12(8-6-11)22-15-21-10-13(14(17)23-15)16(18,19)20/h5-8,10H,2-4,9H2,1H3,(H,24,25)(H,21,22,23). The largest absolute Gasteiger partial charge is 0.420 e. The number of benzene rings is 1. The van der Waals surface area contributed by atoms with Crippen LogP contribution >= 0.6 is 19.0 Å². The van der Waals surface area contributed by atoms with Crippen LogP contribution in [0.15, 0.2) is 30.5 Å². The molecule has 1 heterocycles. The Balaban J connectivity index is 1.97. The van der Waals surface area contributed by atoms with Crippen molar-refractivity contribution in [3.8, 4) is 0 Å². The molecular formula is C16H18ClF3N3O2P. The Kier molecular flexibility index (Phi) is 6.66. The van der Waals surface area contributed by atoms with Gasteiger partial charge in [0.05, 0.1) is 0 Å². The zero-order valence-corrected chi connectivity index (χ0v) is 15.6. The smallest absolute Gasteiger partial charge is 0.344 e. The second kappa shape index (κ2) is 8.37. The Bertz CT molecular complexity index is 800. The average molecular weight is 408 g/mol. The van der Waals surface area contributed by atoms with Crippen molar-refractivity contribution in [1.29, 1.82) is 0 Å². The summed E-state index contributed by atoms with van der Waals surface area (Å²) in [5.74, 6) is -0.0417. The van der Waals surface area contributed by atoms with Crippen LogP contribution in [0.4, 0.5) is 24.8 Å². The molecule has 0 amide bonds. The highest BCUT2D eigenvalue weighted by atomic mass is 35.5. The van der Waals surface area contributed by atoms with Gasteiger partial charge < -0.3 is 10.2 Å². The number of hydrogen-bond donors (Lipinski definition) is 2. The van der Waals surface area contributed by atoms with Gasteiger partial charge in [-0.05, 0) is 30.5 Å². The molecule has 0 saturated carbocycles. The maximum atomic E-state index is 12.6. The summed E-state index contributed by atoms with van der Waals surface area (Å²) in [6.07, 6.45) is -2.16. The summed E-state index contributed by atoms with van der Waals surface area (Å²) in [5.41, 5.74) is 0.484. The van der Waals surface area contributed by atoms with E-state index in [1.54, 1.807) is 19.1 Å². The number of halogens is 4. The summed E-state index contributed by atoms with van der Waals surface area (Å²) in [7, 11) is -3.01. The van der Waals surface area contributed by atoms with Crippen LogP contribution in [0.5, 0.6) is 0 Å². The molecule has 2 N–H and O–H groups in total. The highest BCUT2D eigenvalue weighted by Crippen LogP contribution is 2.40. The molecule has 1 atom stereocenters. The molecule has 2 rings (SSSR count). The monoisotopic (exact) mass is 407 g/mol. The molecule has 0 spiro atoms. The molecule has 2 aromatic rings. The van der Waals surface area contributed by atoms with E-state index in [1.807, 2.05) is 12.1 Å². The maximum Gasteiger partial charge on any atom is 0.420 e. The predicted molar refractivity (Wildman–Crippen MR) is 95.3 cm³/mol. The van der Waals surface area contributed by atoms with Crippen LogP contribution in [0.3, 0.4) is 0 Å². The van der Waals surface area contributed by atoms with Gasteiger partial charge in [0, 0.05) is 24.2 Å². The van der Waals surface area contributed by atoms with Gasteiger partial charge in [-0.3, -0.25) is 4.57 Å². The van der Waals surface area contributed by atoms with Gasteiger partial charge in [0.25, 0.3) is 0 Å². The third-order valence-electron chi connectivity index (χ3n) is 3.72. The maximum absolute atomic E-state index is 12.6. The highest BCUT2D eigenvalue weighted by Gasteiger charge is 2.34. The first-order valence-electron chi connectivity index (χ1n) is 7.87. The molecule has 0 saturated heterocycles. The molecular weight excluding hydrogens is 390 g/mol. The van der Waals surface area contributed by atoms with Gasteiger partial charge in [0.1, 0.15) is 10.7 Å². The van der Waals surface area contributed by atoms with Gasteiger partial charge in [-0.15, -0.1) is 0 Å². The number of rotatable bonds is 7. The number of alkyl halides is 3. The van der Waals surface area contributed by atoms with Crippen molar-refractivity contribution in [2.75, 3.05) is 17.6 Å². The van der Waals surface area contributed by atoms with Crippen LogP contribution in [-0.4, -0.2) is 27.2 Å². The van der Waals surface area contributed by atoms with E-state index in [9.17, 15) is 22.6 Å². The van der Waals surface area contributed by atoms with Gasteiger partial charge in [-0.1, -0.05) is 30.7 Å². The molecule has 26 heavy (non-hydrogen) atoms. The van der Waals surface area contributed by atoms with E-state index in [2.05, 4.69) is 15.3 Å². The molecule has 0 bridgehead atoms. The third-order valence-corrected chi connectivity index (χ3v) is 6.02. The molecule has 1 unspecified atom stereocenters. The number of hydrogen-bond acceptors (Lipinski definition) is 4. The summed E-state index contributed by atoms with van der Waals surface area (Å²) in [4.78, 5) is 16.8. The molecule has 10 heteroatoms. The van der Waals surface area contributed by atoms with Gasteiger partial charge in [0.2, 0.25) is 5.95 Å². The summed E-state index contributed by atoms with van der Waals surface area (Å²) in [6.45, 7) is 1.69. The molecule has 0 aliphatic rings. The van der Waals surface area contributed by atoms with Crippen molar-refractivity contribution >= 4 is 30.6 Å². The lowest BCUT2D eigenvalue weighted by molar-refractivity contribution is -0.137. The van der Waals surface area contributed by atoms with Gasteiger partial charge in [0.15, 0.2) is 7.37 Å². The Labute approximate surface area is 154 Å². The topological polar surface area (TPSA) is 75.1 Å². The Morgan fingerprint density at radius 2 is 1.92 bits per heavy atom. The van der Waals surface area contributed by atoms with Crippen LogP contribution in [0.1, 0.15) is 24.5 Å². The molecule has 0 aliphatic heterocycles. The predicted octanol–water partition coefficient (Wildman–Crippen LogP) is 5.12. The molecule has 142 valence electrons. The van der Waals surface area contributed by atoms with E-state index in [1.165, 1.54) is 0 Å². The second-order valence-electron chi connectivity index (χ2n) is 5.71. The van der Waals surface area contributed by atoms with Crippen LogP contribution in [0.2, 0.25) is 5.15 Å². The number of nitrogens with one attached hydrogen (secondary N) is 1. The van der Waals surface area contributed by atoms with Crippen LogP contribution < -0.4 is 5.32 Å². The fraction of sp³-hybridized carbons (Fsp3) is 0.375. The quantitative estimate of drug-likeness (QED) is 0.492. The number of anilines is 2. The van der Waals surface area contributed by atoms with E-state index < -0.39 is 24.3 Å². The number of nitrogens with zero attached hydrogens (tertiary/aromatic N) is 2. The van der Waals surface area contributed by atoms with Gasteiger partial charge in [-0.25, -0.2) is 9.97 Å². The molecule has 0 fully saturated rings. The fourth-order valence-electron chi connectivity index (χ4n) is 2.18. The molecule has 1 aromatic heterocycles. The zero-order valence-electron chi connectivity index (χ0n) is 13.9. The van der Waals surface area contributed by atoms with E-state index in [-0.39, 0.29) is 18.3 Å². The van der Waals surface area contributed by atoms with E-state index in [0.29, 0.717) is 24.7 Å². The van der Waals surface area contributed by atoms with E-state index in [0.717, 1.165) is 5.56 Å². The van der Waals surface area contributed by atoms with Gasteiger partial charge >= 0.3 is 6.18 Å².